The van der Waals surface area contributed by atoms with Gasteiger partial charge in [0.05, 0.1) is 25.3 Å². The molecule has 162 valence electrons. The van der Waals surface area contributed by atoms with Gasteiger partial charge in [-0.25, -0.2) is 18.4 Å². The van der Waals surface area contributed by atoms with E-state index in [1.165, 1.54) is 20.2 Å². The van der Waals surface area contributed by atoms with Crippen molar-refractivity contribution in [1.29, 1.82) is 0 Å². The predicted octanol–water partition coefficient (Wildman–Crippen LogP) is 0.113. The number of aromatic amines is 1. The van der Waals surface area contributed by atoms with Crippen LogP contribution in [0.5, 0.6) is 5.75 Å². The minimum Gasteiger partial charge on any atom is -0.486 e. The molecule has 1 amide bonds. The lowest BCUT2D eigenvalue weighted by molar-refractivity contribution is 0.0481. The van der Waals surface area contributed by atoms with Gasteiger partial charge < -0.3 is 19.4 Å². The number of morpholine rings is 1. The second-order valence-electron chi connectivity index (χ2n) is 7.88. The van der Waals surface area contributed by atoms with Crippen LogP contribution in [0.4, 0.5) is 11.8 Å². The molecule has 4 heterocycles. The van der Waals surface area contributed by atoms with Crippen molar-refractivity contribution in [2.24, 2.45) is 0 Å². The highest BCUT2D eigenvalue weighted by Crippen LogP contribution is 2.43. The number of nitrogens with one attached hydrogen (secondary N) is 2. The maximum atomic E-state index is 12.8. The van der Waals surface area contributed by atoms with Crippen LogP contribution in [0.1, 0.15) is 37.1 Å². The molecule has 4 rings (SSSR count). The molecule has 0 radical (unpaired) electrons. The molecular formula is C17H23N7O5S. The third kappa shape index (κ3) is 3.37. The Morgan fingerprint density at radius 1 is 1.30 bits per heavy atom. The number of ether oxygens (including phenoxy) is 2. The van der Waals surface area contributed by atoms with Gasteiger partial charge in [-0.1, -0.05) is 0 Å². The number of H-pyrrole nitrogens is 1. The van der Waals surface area contributed by atoms with Gasteiger partial charge >= 0.3 is 0 Å². The summed E-state index contributed by atoms with van der Waals surface area (Å²) in [4.78, 5) is 26.3. The van der Waals surface area contributed by atoms with Crippen molar-refractivity contribution < 1.29 is 22.7 Å². The highest BCUT2D eigenvalue weighted by Gasteiger charge is 2.44. The summed E-state index contributed by atoms with van der Waals surface area (Å²) in [7, 11) is -3.60. The number of sulfone groups is 1. The maximum Gasteiger partial charge on any atom is 0.295 e. The fourth-order valence-corrected chi connectivity index (χ4v) is 3.94. The number of fused-ring (bicyclic) bond motifs is 3. The molecule has 30 heavy (non-hydrogen) atoms. The number of hydrogen-bond acceptors (Lipinski definition) is 10. The van der Waals surface area contributed by atoms with Crippen LogP contribution in [0, 0.1) is 0 Å². The van der Waals surface area contributed by atoms with Crippen LogP contribution < -0.4 is 15.0 Å². The number of carbonyl (C=O) groups excluding carboxylic acids is 1. The molecule has 1 unspecified atom stereocenters. The molecule has 0 spiro atoms. The molecule has 0 aromatic carbocycles. The van der Waals surface area contributed by atoms with Crippen molar-refractivity contribution in [3.63, 3.8) is 0 Å². The summed E-state index contributed by atoms with van der Waals surface area (Å²) < 4.78 is 35.2. The van der Waals surface area contributed by atoms with Crippen LogP contribution in [-0.4, -0.2) is 77.6 Å². The average Bonchev–Trinajstić information content (AvgIpc) is 3.19. The van der Waals surface area contributed by atoms with Gasteiger partial charge in [0.1, 0.15) is 23.4 Å². The Balaban J connectivity index is 1.87. The van der Waals surface area contributed by atoms with Crippen LogP contribution >= 0.6 is 0 Å². The Morgan fingerprint density at radius 2 is 2.07 bits per heavy atom. The Labute approximate surface area is 173 Å². The zero-order valence-corrected chi connectivity index (χ0v) is 17.9. The largest absolute Gasteiger partial charge is 0.486 e. The van der Waals surface area contributed by atoms with Gasteiger partial charge in [0.15, 0.2) is 21.4 Å². The predicted molar refractivity (Wildman–Crippen MR) is 106 cm³/mol. The van der Waals surface area contributed by atoms with E-state index < -0.39 is 20.5 Å². The number of anilines is 2. The van der Waals surface area contributed by atoms with Gasteiger partial charge in [-0.3, -0.25) is 10.1 Å². The molecule has 1 fully saturated rings. The van der Waals surface area contributed by atoms with E-state index in [0.29, 0.717) is 25.6 Å². The second kappa shape index (κ2) is 7.16. The SMILES string of the molecule is C[C@@H]1COCC2COc3c(nc(C(=O)Nc4nnc[nH]4)nc3C(C)(C)S(C)(=O)=O)N21. The van der Waals surface area contributed by atoms with Gasteiger partial charge in [-0.15, -0.1) is 10.2 Å². The first-order valence-corrected chi connectivity index (χ1v) is 11.3. The van der Waals surface area contributed by atoms with Crippen molar-refractivity contribution in [3.8, 4) is 5.75 Å². The third-order valence-electron chi connectivity index (χ3n) is 5.40. The smallest absolute Gasteiger partial charge is 0.295 e. The normalized spacial score (nSPS) is 21.4. The molecule has 13 heteroatoms. The molecule has 2 atom stereocenters. The highest BCUT2D eigenvalue weighted by atomic mass is 32.2. The van der Waals surface area contributed by atoms with E-state index >= 15 is 0 Å². The van der Waals surface area contributed by atoms with Crippen molar-refractivity contribution in [1.82, 2.24) is 25.1 Å². The molecule has 1 saturated heterocycles. The van der Waals surface area contributed by atoms with E-state index in [4.69, 9.17) is 9.47 Å². The number of amides is 1. The Kier molecular flexibility index (Phi) is 4.89. The summed E-state index contributed by atoms with van der Waals surface area (Å²) in [5.41, 5.74) is 0.134. The molecule has 2 aromatic rings. The number of aromatic nitrogens is 5. The van der Waals surface area contributed by atoms with E-state index in [-0.39, 0.29) is 35.3 Å². The minimum absolute atomic E-state index is 0.0410. The number of nitrogens with zero attached hydrogens (tertiary/aromatic N) is 5. The lowest BCUT2D eigenvalue weighted by Gasteiger charge is -2.45. The lowest BCUT2D eigenvalue weighted by atomic mass is 10.0. The first-order valence-electron chi connectivity index (χ1n) is 9.38. The molecule has 2 aliphatic rings. The van der Waals surface area contributed by atoms with E-state index in [2.05, 4.69) is 30.5 Å². The zero-order chi connectivity index (χ0) is 21.7. The molecule has 0 bridgehead atoms. The van der Waals surface area contributed by atoms with Crippen LogP contribution in [0.2, 0.25) is 0 Å². The first-order chi connectivity index (χ1) is 14.1. The van der Waals surface area contributed by atoms with Crippen LogP contribution in [0.25, 0.3) is 0 Å². The number of carbonyl (C=O) groups is 1. The van der Waals surface area contributed by atoms with E-state index in [0.717, 1.165) is 6.26 Å². The molecule has 0 aliphatic carbocycles. The van der Waals surface area contributed by atoms with Crippen molar-refractivity contribution in [3.05, 3.63) is 17.8 Å². The van der Waals surface area contributed by atoms with Gasteiger partial charge in [0.2, 0.25) is 11.8 Å². The average molecular weight is 437 g/mol. The van der Waals surface area contributed by atoms with Crippen LogP contribution in [0.15, 0.2) is 6.33 Å². The molecule has 2 aliphatic heterocycles. The highest BCUT2D eigenvalue weighted by molar-refractivity contribution is 7.91. The zero-order valence-electron chi connectivity index (χ0n) is 17.0. The monoisotopic (exact) mass is 437 g/mol. The summed E-state index contributed by atoms with van der Waals surface area (Å²) in [6.45, 7) is 6.25. The summed E-state index contributed by atoms with van der Waals surface area (Å²) >= 11 is 0. The van der Waals surface area contributed by atoms with E-state index in [1.54, 1.807) is 0 Å². The topological polar surface area (TPSA) is 152 Å². The summed E-state index contributed by atoms with van der Waals surface area (Å²) in [6.07, 6.45) is 2.44. The molecule has 2 N–H and O–H groups in total. The fourth-order valence-electron chi connectivity index (χ4n) is 3.45. The van der Waals surface area contributed by atoms with Gasteiger partial charge in [-0.05, 0) is 20.8 Å². The quantitative estimate of drug-likeness (QED) is 0.674. The van der Waals surface area contributed by atoms with E-state index in [9.17, 15) is 13.2 Å². The summed E-state index contributed by atoms with van der Waals surface area (Å²) in [5, 5.41) is 9.85. The van der Waals surface area contributed by atoms with E-state index in [1.807, 2.05) is 11.8 Å². The molecule has 0 saturated carbocycles. The van der Waals surface area contributed by atoms with Crippen molar-refractivity contribution in [2.45, 2.75) is 37.6 Å². The summed E-state index contributed by atoms with van der Waals surface area (Å²) in [6, 6.07) is -0.142. The molecule has 2 aromatic heterocycles. The number of rotatable bonds is 4. The molecule has 12 nitrogen and oxygen atoms in total. The minimum atomic E-state index is -3.60. The van der Waals surface area contributed by atoms with Crippen LogP contribution in [-0.2, 0) is 19.3 Å². The Hall–Kier alpha value is -2.80. The van der Waals surface area contributed by atoms with Gasteiger partial charge in [0.25, 0.3) is 5.91 Å². The van der Waals surface area contributed by atoms with Crippen molar-refractivity contribution >= 4 is 27.5 Å². The second-order valence-corrected chi connectivity index (χ2v) is 10.4. The third-order valence-corrected chi connectivity index (χ3v) is 7.45. The Morgan fingerprint density at radius 3 is 2.73 bits per heavy atom. The van der Waals surface area contributed by atoms with Crippen LogP contribution in [0.3, 0.4) is 0 Å². The van der Waals surface area contributed by atoms with Crippen molar-refractivity contribution in [2.75, 3.05) is 36.3 Å². The fraction of sp³-hybridized carbons (Fsp3) is 0.588. The number of hydrogen-bond donors (Lipinski definition) is 2. The molecular weight excluding hydrogens is 414 g/mol. The summed E-state index contributed by atoms with van der Waals surface area (Å²) in [5.74, 6) is -0.0693. The first kappa shape index (κ1) is 20.5. The maximum absolute atomic E-state index is 12.8. The van der Waals surface area contributed by atoms with Gasteiger partial charge in [-0.2, -0.15) is 0 Å². The lowest BCUT2D eigenvalue weighted by Crippen LogP contribution is -2.56. The van der Waals surface area contributed by atoms with Gasteiger partial charge in [0, 0.05) is 6.26 Å². The standard InChI is InChI=1S/C17H23N7O5S/c1-9-5-28-6-10-7-29-11-12(17(2,3)30(4,26)27)20-13(21-14(11)24(9)10)15(25)22-16-18-8-19-23-16/h8-10H,5-7H2,1-4H3,(H2,18,19,22,23,25)/t9-,10?/m1/s1. The Bertz CT molecular complexity index is 1070.